The Bertz CT molecular complexity index is 856. The largest absolute Gasteiger partial charge is 0.546 e. The fraction of sp³-hybridized carbons (Fsp3) is 0.111. The molecule has 0 bridgehead atoms. The number of hydrogen-bond donors (Lipinski definition) is 1. The number of benzene rings is 2. The van der Waals surface area contributed by atoms with Gasteiger partial charge in [0.05, 0.1) is 17.1 Å². The van der Waals surface area contributed by atoms with Crippen molar-refractivity contribution in [3.8, 4) is 5.75 Å². The zero-order valence-electron chi connectivity index (χ0n) is 13.4. The number of ether oxygens (including phenoxy) is 1. The van der Waals surface area contributed by atoms with Gasteiger partial charge in [-0.3, -0.25) is 19.3 Å². The predicted molar refractivity (Wildman–Crippen MR) is 87.4 cm³/mol. The number of carboxylic acids is 1. The maximum Gasteiger partial charge on any atom is 0.262 e. The number of rotatable bonds is 6. The van der Waals surface area contributed by atoms with Crippen LogP contribution in [0.2, 0.25) is 0 Å². The van der Waals surface area contributed by atoms with Crippen molar-refractivity contribution < 1.29 is 29.0 Å². The predicted octanol–water partition coefficient (Wildman–Crippen LogP) is 0.0500. The van der Waals surface area contributed by atoms with Crippen LogP contribution in [0.4, 0.5) is 5.69 Å². The Labute approximate surface area is 148 Å². The average molecular weight is 353 g/mol. The molecule has 0 atom stereocenters. The van der Waals surface area contributed by atoms with Gasteiger partial charge in [-0.25, -0.2) is 0 Å². The second-order valence-corrected chi connectivity index (χ2v) is 5.48. The Hall–Kier alpha value is -3.68. The Morgan fingerprint density at radius 1 is 0.962 bits per heavy atom. The van der Waals surface area contributed by atoms with Crippen molar-refractivity contribution in [1.29, 1.82) is 0 Å². The zero-order valence-corrected chi connectivity index (χ0v) is 13.4. The third-order valence-corrected chi connectivity index (χ3v) is 3.67. The van der Waals surface area contributed by atoms with Crippen molar-refractivity contribution in [2.24, 2.45) is 0 Å². The van der Waals surface area contributed by atoms with Crippen LogP contribution < -0.4 is 15.2 Å². The van der Waals surface area contributed by atoms with Crippen LogP contribution in [0.3, 0.4) is 0 Å². The van der Waals surface area contributed by atoms with Gasteiger partial charge in [-0.05, 0) is 36.4 Å². The standard InChI is InChI=1S/C18H14N2O6/c21-15(19-11-5-7-12(8-6-11)26-10-16(22)23)9-20-17(24)13-3-1-2-4-14(13)18(20)25/h1-8H,9-10H2,(H,19,21)(H,22,23)/p-1. The van der Waals surface area contributed by atoms with Crippen LogP contribution in [0.25, 0.3) is 0 Å². The van der Waals surface area contributed by atoms with E-state index < -0.39 is 36.8 Å². The molecule has 1 N–H and O–H groups in total. The lowest BCUT2D eigenvalue weighted by Crippen LogP contribution is -2.37. The van der Waals surface area contributed by atoms with Gasteiger partial charge in [-0.2, -0.15) is 0 Å². The number of hydrogen-bond acceptors (Lipinski definition) is 6. The van der Waals surface area contributed by atoms with Crippen molar-refractivity contribution in [2.45, 2.75) is 0 Å². The number of carbonyl (C=O) groups is 4. The third-order valence-electron chi connectivity index (χ3n) is 3.67. The summed E-state index contributed by atoms with van der Waals surface area (Å²) in [4.78, 5) is 47.8. The number of amides is 3. The van der Waals surface area contributed by atoms with E-state index in [1.54, 1.807) is 24.3 Å². The number of carbonyl (C=O) groups excluding carboxylic acids is 4. The van der Waals surface area contributed by atoms with Crippen LogP contribution in [-0.4, -0.2) is 41.7 Å². The number of carboxylic acid groups (broad SMARTS) is 1. The Balaban J connectivity index is 1.60. The highest BCUT2D eigenvalue weighted by atomic mass is 16.5. The summed E-state index contributed by atoms with van der Waals surface area (Å²) in [6.07, 6.45) is 0. The first-order chi connectivity index (χ1) is 12.5. The summed E-state index contributed by atoms with van der Waals surface area (Å²) >= 11 is 0. The van der Waals surface area contributed by atoms with E-state index in [1.165, 1.54) is 24.3 Å². The zero-order chi connectivity index (χ0) is 18.7. The van der Waals surface area contributed by atoms with Crippen molar-refractivity contribution >= 4 is 29.4 Å². The number of nitrogens with zero attached hydrogens (tertiary/aromatic N) is 1. The number of fused-ring (bicyclic) bond motifs is 1. The van der Waals surface area contributed by atoms with E-state index in [4.69, 9.17) is 4.74 Å². The first-order valence-corrected chi connectivity index (χ1v) is 7.63. The lowest BCUT2D eigenvalue weighted by atomic mass is 10.1. The van der Waals surface area contributed by atoms with Crippen molar-refractivity contribution in [3.05, 3.63) is 59.7 Å². The lowest BCUT2D eigenvalue weighted by Gasteiger charge is -2.14. The SMILES string of the molecule is O=C([O-])COc1ccc(NC(=O)CN2C(=O)c3ccccc3C2=O)cc1. The molecule has 0 saturated carbocycles. The van der Waals surface area contributed by atoms with E-state index in [0.29, 0.717) is 11.4 Å². The Morgan fingerprint density at radius 3 is 2.08 bits per heavy atom. The highest BCUT2D eigenvalue weighted by molar-refractivity contribution is 6.22. The second-order valence-electron chi connectivity index (χ2n) is 5.48. The van der Waals surface area contributed by atoms with Crippen molar-refractivity contribution in [3.63, 3.8) is 0 Å². The molecule has 0 unspecified atom stereocenters. The molecule has 8 nitrogen and oxygen atoms in total. The fourth-order valence-corrected chi connectivity index (χ4v) is 2.50. The van der Waals surface area contributed by atoms with Crippen LogP contribution >= 0.6 is 0 Å². The molecule has 0 saturated heterocycles. The fourth-order valence-electron chi connectivity index (χ4n) is 2.50. The van der Waals surface area contributed by atoms with E-state index >= 15 is 0 Å². The molecule has 8 heteroatoms. The maximum atomic E-state index is 12.2. The van der Waals surface area contributed by atoms with Gasteiger partial charge in [-0.15, -0.1) is 0 Å². The minimum atomic E-state index is -1.34. The van der Waals surface area contributed by atoms with E-state index in [9.17, 15) is 24.3 Å². The number of anilines is 1. The molecule has 132 valence electrons. The van der Waals surface area contributed by atoms with Crippen LogP contribution in [0, 0.1) is 0 Å². The molecule has 2 aromatic rings. The van der Waals surface area contributed by atoms with E-state index in [-0.39, 0.29) is 11.1 Å². The average Bonchev–Trinajstić information content (AvgIpc) is 2.86. The molecule has 0 aromatic heterocycles. The molecule has 0 spiro atoms. The monoisotopic (exact) mass is 353 g/mol. The van der Waals surface area contributed by atoms with Gasteiger partial charge in [0.1, 0.15) is 18.9 Å². The first kappa shape index (κ1) is 17.2. The first-order valence-electron chi connectivity index (χ1n) is 7.63. The molecule has 0 aliphatic carbocycles. The highest BCUT2D eigenvalue weighted by Crippen LogP contribution is 2.22. The number of nitrogens with one attached hydrogen (secondary N) is 1. The van der Waals surface area contributed by atoms with Crippen LogP contribution in [0.5, 0.6) is 5.75 Å². The lowest BCUT2D eigenvalue weighted by molar-refractivity contribution is -0.307. The molecule has 2 aromatic carbocycles. The normalized spacial score (nSPS) is 12.7. The van der Waals surface area contributed by atoms with Gasteiger partial charge in [0.25, 0.3) is 11.8 Å². The molecule has 26 heavy (non-hydrogen) atoms. The summed E-state index contributed by atoms with van der Waals surface area (Å²) in [6, 6.07) is 12.3. The van der Waals surface area contributed by atoms with Crippen LogP contribution in [0.15, 0.2) is 48.5 Å². The summed E-state index contributed by atoms with van der Waals surface area (Å²) in [6.45, 7) is -0.985. The number of aliphatic carboxylic acids is 1. The van der Waals surface area contributed by atoms with Gasteiger partial charge >= 0.3 is 0 Å². The Kier molecular flexibility index (Phi) is 4.66. The van der Waals surface area contributed by atoms with Gasteiger partial charge in [0.15, 0.2) is 0 Å². The number of imide groups is 1. The minimum absolute atomic E-state index is 0.278. The molecule has 3 amide bonds. The molecule has 1 aliphatic rings. The quantitative estimate of drug-likeness (QED) is 0.734. The van der Waals surface area contributed by atoms with Gasteiger partial charge in [-0.1, -0.05) is 12.1 Å². The van der Waals surface area contributed by atoms with Gasteiger partial charge in [0, 0.05) is 5.69 Å². The molecule has 0 radical (unpaired) electrons. The summed E-state index contributed by atoms with van der Waals surface area (Å²) < 4.78 is 4.93. The van der Waals surface area contributed by atoms with Crippen molar-refractivity contribution in [1.82, 2.24) is 4.90 Å². The van der Waals surface area contributed by atoms with Crippen molar-refractivity contribution in [2.75, 3.05) is 18.5 Å². The summed E-state index contributed by atoms with van der Waals surface area (Å²) in [5.41, 5.74) is 0.965. The summed E-state index contributed by atoms with van der Waals surface area (Å²) in [5, 5.41) is 12.9. The maximum absolute atomic E-state index is 12.2. The van der Waals surface area contributed by atoms with E-state index in [1.807, 2.05) is 0 Å². The topological polar surface area (TPSA) is 116 Å². The molecule has 1 heterocycles. The summed E-state index contributed by atoms with van der Waals surface area (Å²) in [5.74, 6) is -2.60. The van der Waals surface area contributed by atoms with E-state index in [2.05, 4.69) is 5.32 Å². The molecular formula is C18H13N2O6-. The van der Waals surface area contributed by atoms with Gasteiger partial charge < -0.3 is 20.0 Å². The van der Waals surface area contributed by atoms with Gasteiger partial charge in [0.2, 0.25) is 5.91 Å². The van der Waals surface area contributed by atoms with E-state index in [0.717, 1.165) is 4.90 Å². The molecular weight excluding hydrogens is 340 g/mol. The second kappa shape index (κ2) is 7.06. The Morgan fingerprint density at radius 2 is 1.54 bits per heavy atom. The molecule has 3 rings (SSSR count). The highest BCUT2D eigenvalue weighted by Gasteiger charge is 2.36. The van der Waals surface area contributed by atoms with Crippen LogP contribution in [0.1, 0.15) is 20.7 Å². The van der Waals surface area contributed by atoms with Crippen LogP contribution in [-0.2, 0) is 9.59 Å². The molecule has 0 fully saturated rings. The smallest absolute Gasteiger partial charge is 0.262 e. The minimum Gasteiger partial charge on any atom is -0.546 e. The third kappa shape index (κ3) is 3.54. The summed E-state index contributed by atoms with van der Waals surface area (Å²) in [7, 11) is 0. The molecule has 1 aliphatic heterocycles.